The molecule has 0 unspecified atom stereocenters. The Balaban J connectivity index is 1.93. The van der Waals surface area contributed by atoms with Gasteiger partial charge in [-0.15, -0.1) is 10.2 Å². The van der Waals surface area contributed by atoms with Crippen molar-refractivity contribution in [1.82, 2.24) is 10.2 Å². The molecule has 21 heavy (non-hydrogen) atoms. The molecule has 0 bridgehead atoms. The van der Waals surface area contributed by atoms with Gasteiger partial charge >= 0.3 is 6.18 Å². The van der Waals surface area contributed by atoms with Crippen LogP contribution in [0.4, 0.5) is 18.3 Å². The first-order valence-electron chi connectivity index (χ1n) is 7.10. The minimum Gasteiger partial charge on any atom is -0.300 e. The van der Waals surface area contributed by atoms with Gasteiger partial charge in [0.1, 0.15) is 5.01 Å². The second-order valence-corrected chi connectivity index (χ2v) is 6.40. The van der Waals surface area contributed by atoms with Crippen LogP contribution in [0.2, 0.25) is 0 Å². The molecule has 1 aliphatic carbocycles. The number of carbonyl (C=O) groups is 1. The van der Waals surface area contributed by atoms with Crippen molar-refractivity contribution in [1.29, 1.82) is 0 Å². The van der Waals surface area contributed by atoms with Gasteiger partial charge in [0.25, 0.3) is 0 Å². The molecule has 0 saturated heterocycles. The first-order valence-corrected chi connectivity index (χ1v) is 7.91. The van der Waals surface area contributed by atoms with Crippen LogP contribution in [0.25, 0.3) is 0 Å². The molecule has 118 valence electrons. The number of rotatable bonds is 4. The quantitative estimate of drug-likeness (QED) is 0.918. The molecule has 1 heterocycles. The normalized spacial score (nSPS) is 23.0. The maximum absolute atomic E-state index is 12.7. The molecule has 4 nitrogen and oxygen atoms in total. The van der Waals surface area contributed by atoms with Crippen LogP contribution in [0.5, 0.6) is 0 Å². The summed E-state index contributed by atoms with van der Waals surface area (Å²) in [6.07, 6.45) is -1.58. The molecule has 0 aliphatic heterocycles. The third-order valence-corrected chi connectivity index (χ3v) is 4.57. The third-order valence-electron chi connectivity index (χ3n) is 3.67. The number of nitrogens with zero attached hydrogens (tertiary/aromatic N) is 2. The maximum Gasteiger partial charge on any atom is 0.391 e. The number of nitrogens with one attached hydrogen (secondary N) is 1. The molecule has 0 aromatic carbocycles. The molecule has 1 N–H and O–H groups in total. The first-order chi connectivity index (χ1) is 9.90. The minimum absolute atomic E-state index is 0.118. The Hall–Kier alpha value is -1.18. The second-order valence-electron chi connectivity index (χ2n) is 5.34. The Bertz CT molecular complexity index is 489. The van der Waals surface area contributed by atoms with Crippen LogP contribution in [0, 0.1) is 11.8 Å². The van der Waals surface area contributed by atoms with E-state index in [0.717, 1.165) is 17.8 Å². The van der Waals surface area contributed by atoms with Gasteiger partial charge in [-0.2, -0.15) is 13.2 Å². The van der Waals surface area contributed by atoms with Gasteiger partial charge in [0.2, 0.25) is 11.0 Å². The summed E-state index contributed by atoms with van der Waals surface area (Å²) >= 11 is 1.28. The monoisotopic (exact) mass is 321 g/mol. The predicted molar refractivity (Wildman–Crippen MR) is 74.0 cm³/mol. The molecule has 1 aromatic rings. The number of hydrogen-bond donors (Lipinski definition) is 1. The van der Waals surface area contributed by atoms with E-state index in [1.807, 2.05) is 6.92 Å². The molecule has 0 radical (unpaired) electrons. The van der Waals surface area contributed by atoms with E-state index in [0.29, 0.717) is 18.0 Å². The Labute approximate surface area is 125 Å². The fourth-order valence-electron chi connectivity index (χ4n) is 2.55. The summed E-state index contributed by atoms with van der Waals surface area (Å²) in [5.41, 5.74) is 0. The Kier molecular flexibility index (Phi) is 5.18. The van der Waals surface area contributed by atoms with E-state index in [1.165, 1.54) is 11.3 Å². The number of alkyl halides is 3. The highest BCUT2D eigenvalue weighted by molar-refractivity contribution is 7.15. The summed E-state index contributed by atoms with van der Waals surface area (Å²) in [6.45, 7) is 2.01. The SMILES string of the molecule is CCCc1nnc(NC(=O)[C@@H]2CCC[C@@H](C(F)(F)F)C2)s1. The molecule has 1 aromatic heterocycles. The Morgan fingerprint density at radius 2 is 2.14 bits per heavy atom. The molecule has 1 fully saturated rings. The van der Waals surface area contributed by atoms with Gasteiger partial charge in [0, 0.05) is 12.3 Å². The first kappa shape index (κ1) is 16.2. The largest absolute Gasteiger partial charge is 0.391 e. The molecule has 1 saturated carbocycles. The molecule has 2 rings (SSSR count). The van der Waals surface area contributed by atoms with E-state index in [1.54, 1.807) is 0 Å². The van der Waals surface area contributed by atoms with Gasteiger partial charge in [0.05, 0.1) is 5.92 Å². The highest BCUT2D eigenvalue weighted by atomic mass is 32.1. The number of amides is 1. The summed E-state index contributed by atoms with van der Waals surface area (Å²) in [6, 6.07) is 0. The van der Waals surface area contributed by atoms with Crippen molar-refractivity contribution in [2.75, 3.05) is 5.32 Å². The van der Waals surface area contributed by atoms with E-state index >= 15 is 0 Å². The van der Waals surface area contributed by atoms with Crippen molar-refractivity contribution < 1.29 is 18.0 Å². The zero-order valence-electron chi connectivity index (χ0n) is 11.7. The third kappa shape index (κ3) is 4.39. The van der Waals surface area contributed by atoms with Crippen molar-refractivity contribution in [3.8, 4) is 0 Å². The van der Waals surface area contributed by atoms with Crippen molar-refractivity contribution in [3.63, 3.8) is 0 Å². The molecule has 1 amide bonds. The lowest BCUT2D eigenvalue weighted by molar-refractivity contribution is -0.185. The number of halogens is 3. The van der Waals surface area contributed by atoms with Crippen LogP contribution in [0.15, 0.2) is 0 Å². The van der Waals surface area contributed by atoms with E-state index in [9.17, 15) is 18.0 Å². The highest BCUT2D eigenvalue weighted by Crippen LogP contribution is 2.40. The summed E-state index contributed by atoms with van der Waals surface area (Å²) < 4.78 is 38.2. The smallest absolute Gasteiger partial charge is 0.300 e. The van der Waals surface area contributed by atoms with Gasteiger partial charge in [-0.3, -0.25) is 4.79 Å². The minimum atomic E-state index is -4.21. The van der Waals surface area contributed by atoms with Crippen LogP contribution in [0.1, 0.15) is 44.0 Å². The van der Waals surface area contributed by atoms with Crippen molar-refractivity contribution in [3.05, 3.63) is 5.01 Å². The second kappa shape index (κ2) is 6.72. The van der Waals surface area contributed by atoms with Gasteiger partial charge in [-0.05, 0) is 25.7 Å². The fraction of sp³-hybridized carbons (Fsp3) is 0.769. The van der Waals surface area contributed by atoms with Crippen molar-refractivity contribution in [2.45, 2.75) is 51.6 Å². The van der Waals surface area contributed by atoms with E-state index in [2.05, 4.69) is 15.5 Å². The lowest BCUT2D eigenvalue weighted by atomic mass is 9.80. The molecule has 0 spiro atoms. The highest BCUT2D eigenvalue weighted by Gasteiger charge is 2.43. The molecular weight excluding hydrogens is 303 g/mol. The summed E-state index contributed by atoms with van der Waals surface area (Å²) in [5.74, 6) is -2.33. The number of anilines is 1. The molecule has 8 heteroatoms. The molecule has 2 atom stereocenters. The van der Waals surface area contributed by atoms with Gasteiger partial charge < -0.3 is 5.32 Å². The predicted octanol–water partition coefficient (Wildman–Crippen LogP) is 3.80. The van der Waals surface area contributed by atoms with Crippen LogP contribution in [0.3, 0.4) is 0 Å². The number of aromatic nitrogens is 2. The van der Waals surface area contributed by atoms with E-state index in [-0.39, 0.29) is 18.7 Å². The summed E-state index contributed by atoms with van der Waals surface area (Å²) in [5, 5.41) is 11.6. The van der Waals surface area contributed by atoms with Gasteiger partial charge in [-0.25, -0.2) is 0 Å². The zero-order chi connectivity index (χ0) is 15.5. The van der Waals surface area contributed by atoms with Gasteiger partial charge in [0.15, 0.2) is 0 Å². The van der Waals surface area contributed by atoms with Crippen LogP contribution in [-0.4, -0.2) is 22.3 Å². The number of aryl methyl sites for hydroxylation is 1. The topological polar surface area (TPSA) is 54.9 Å². The number of carbonyl (C=O) groups excluding carboxylic acids is 1. The van der Waals surface area contributed by atoms with E-state index < -0.39 is 18.0 Å². The average Bonchev–Trinajstić information content (AvgIpc) is 2.86. The lowest BCUT2D eigenvalue weighted by Gasteiger charge is -2.29. The summed E-state index contributed by atoms with van der Waals surface area (Å²) in [7, 11) is 0. The van der Waals surface area contributed by atoms with Crippen LogP contribution >= 0.6 is 11.3 Å². The van der Waals surface area contributed by atoms with E-state index in [4.69, 9.17) is 0 Å². The molecule has 1 aliphatic rings. The standard InChI is InChI=1S/C13H18F3N3OS/c1-2-4-10-18-19-12(21-10)17-11(20)8-5-3-6-9(7-8)13(14,15)16/h8-9H,2-7H2,1H3,(H,17,19,20)/t8-,9-/m1/s1. The average molecular weight is 321 g/mol. The zero-order valence-corrected chi connectivity index (χ0v) is 12.6. The van der Waals surface area contributed by atoms with Crippen LogP contribution in [-0.2, 0) is 11.2 Å². The number of hydrogen-bond acceptors (Lipinski definition) is 4. The van der Waals surface area contributed by atoms with Crippen molar-refractivity contribution in [2.24, 2.45) is 11.8 Å². The Morgan fingerprint density at radius 1 is 1.38 bits per heavy atom. The fourth-order valence-corrected chi connectivity index (χ4v) is 3.40. The maximum atomic E-state index is 12.7. The van der Waals surface area contributed by atoms with Crippen LogP contribution < -0.4 is 5.32 Å². The van der Waals surface area contributed by atoms with Crippen molar-refractivity contribution >= 4 is 22.4 Å². The van der Waals surface area contributed by atoms with Gasteiger partial charge in [-0.1, -0.05) is 24.7 Å². The lowest BCUT2D eigenvalue weighted by Crippen LogP contribution is -2.34. The Morgan fingerprint density at radius 3 is 2.81 bits per heavy atom. The molecular formula is C13H18F3N3OS. The summed E-state index contributed by atoms with van der Waals surface area (Å²) in [4.78, 5) is 12.1.